The summed E-state index contributed by atoms with van der Waals surface area (Å²) in [5.41, 5.74) is 0.0000105. The standard InChI is InChI=1S/C14H15NO6/c16-13(20-11-3-1-10(2-4-11)15(17)18)21-12-5-7-14(8-6-12)9-19-14/h1-4,12H,5-9H2. The molecule has 7 heteroatoms. The zero-order valence-corrected chi connectivity index (χ0v) is 11.3. The van der Waals surface area contributed by atoms with Crippen molar-refractivity contribution in [2.24, 2.45) is 0 Å². The molecule has 7 nitrogen and oxygen atoms in total. The second kappa shape index (κ2) is 5.33. The summed E-state index contributed by atoms with van der Waals surface area (Å²) >= 11 is 0. The van der Waals surface area contributed by atoms with Gasteiger partial charge in [-0.3, -0.25) is 10.1 Å². The van der Waals surface area contributed by atoms with E-state index in [-0.39, 0.29) is 23.1 Å². The van der Waals surface area contributed by atoms with Crippen molar-refractivity contribution in [3.8, 4) is 5.75 Å². The molecule has 0 unspecified atom stereocenters. The predicted molar refractivity (Wildman–Crippen MR) is 71.1 cm³/mol. The maximum atomic E-state index is 11.7. The molecule has 0 atom stereocenters. The third-order valence-corrected chi connectivity index (χ3v) is 3.91. The normalized spacial score (nSPS) is 27.1. The Morgan fingerprint density at radius 1 is 1.29 bits per heavy atom. The van der Waals surface area contributed by atoms with Crippen LogP contribution in [0, 0.1) is 10.1 Å². The van der Waals surface area contributed by atoms with Crippen LogP contribution in [0.15, 0.2) is 24.3 Å². The van der Waals surface area contributed by atoms with Gasteiger partial charge in [0.1, 0.15) is 11.9 Å². The zero-order chi connectivity index (χ0) is 14.9. The SMILES string of the molecule is O=C(Oc1ccc([N+](=O)[O-])cc1)OC1CCC2(CC1)CO2. The summed E-state index contributed by atoms with van der Waals surface area (Å²) in [6.07, 6.45) is 2.43. The minimum Gasteiger partial charge on any atom is -0.431 e. The molecular formula is C14H15NO6. The zero-order valence-electron chi connectivity index (χ0n) is 11.3. The second-order valence-electron chi connectivity index (χ2n) is 5.39. The summed E-state index contributed by atoms with van der Waals surface area (Å²) in [6, 6.07) is 5.29. The molecule has 2 fully saturated rings. The molecule has 1 aromatic rings. The number of hydrogen-bond donors (Lipinski definition) is 0. The summed E-state index contributed by atoms with van der Waals surface area (Å²) in [5, 5.41) is 10.5. The van der Waals surface area contributed by atoms with Crippen LogP contribution < -0.4 is 4.74 Å². The Morgan fingerprint density at radius 3 is 2.43 bits per heavy atom. The van der Waals surface area contributed by atoms with E-state index in [1.165, 1.54) is 24.3 Å². The first-order chi connectivity index (χ1) is 10.1. The summed E-state index contributed by atoms with van der Waals surface area (Å²) in [7, 11) is 0. The van der Waals surface area contributed by atoms with Gasteiger partial charge in [0.05, 0.1) is 17.1 Å². The van der Waals surface area contributed by atoms with Gasteiger partial charge in [-0.25, -0.2) is 4.79 Å². The van der Waals surface area contributed by atoms with Crippen LogP contribution in [0.5, 0.6) is 5.75 Å². The van der Waals surface area contributed by atoms with Gasteiger partial charge < -0.3 is 14.2 Å². The monoisotopic (exact) mass is 293 g/mol. The minimum absolute atomic E-state index is 0.0577. The third kappa shape index (κ3) is 3.30. The predicted octanol–water partition coefficient (Wildman–Crippen LogP) is 2.82. The summed E-state index contributed by atoms with van der Waals surface area (Å²) < 4.78 is 15.6. The topological polar surface area (TPSA) is 91.2 Å². The van der Waals surface area contributed by atoms with E-state index in [0.717, 1.165) is 32.3 Å². The Kier molecular flexibility index (Phi) is 3.50. The summed E-state index contributed by atoms with van der Waals surface area (Å²) in [4.78, 5) is 21.7. The van der Waals surface area contributed by atoms with Crippen LogP contribution in [0.2, 0.25) is 0 Å². The van der Waals surface area contributed by atoms with Gasteiger partial charge in [0, 0.05) is 12.1 Å². The highest BCUT2D eigenvalue weighted by Gasteiger charge is 2.47. The van der Waals surface area contributed by atoms with Crippen LogP contribution in [0.1, 0.15) is 25.7 Å². The van der Waals surface area contributed by atoms with Gasteiger partial charge in [-0.05, 0) is 37.8 Å². The lowest BCUT2D eigenvalue weighted by atomic mass is 9.88. The number of nitro groups is 1. The van der Waals surface area contributed by atoms with Crippen LogP contribution in [-0.2, 0) is 9.47 Å². The number of non-ortho nitro benzene ring substituents is 1. The number of hydrogen-bond acceptors (Lipinski definition) is 6. The van der Waals surface area contributed by atoms with Crippen molar-refractivity contribution in [1.82, 2.24) is 0 Å². The number of carbonyl (C=O) groups is 1. The lowest BCUT2D eigenvalue weighted by molar-refractivity contribution is -0.384. The Hall–Kier alpha value is -2.15. The fourth-order valence-corrected chi connectivity index (χ4v) is 2.52. The molecule has 1 saturated carbocycles. The molecule has 1 spiro atoms. The smallest absolute Gasteiger partial charge is 0.431 e. The van der Waals surface area contributed by atoms with E-state index in [0.29, 0.717) is 0 Å². The highest BCUT2D eigenvalue weighted by atomic mass is 16.7. The van der Waals surface area contributed by atoms with Crippen molar-refractivity contribution in [2.45, 2.75) is 37.4 Å². The molecule has 1 heterocycles. The Balaban J connectivity index is 1.48. The molecule has 1 aliphatic heterocycles. The van der Waals surface area contributed by atoms with E-state index in [1.807, 2.05) is 0 Å². The van der Waals surface area contributed by atoms with Crippen molar-refractivity contribution in [3.63, 3.8) is 0 Å². The first kappa shape index (κ1) is 13.8. The number of benzene rings is 1. The van der Waals surface area contributed by atoms with Gasteiger partial charge in [-0.2, -0.15) is 0 Å². The van der Waals surface area contributed by atoms with Crippen LogP contribution in [0.3, 0.4) is 0 Å². The summed E-state index contributed by atoms with van der Waals surface area (Å²) in [6.45, 7) is 0.812. The van der Waals surface area contributed by atoms with Crippen LogP contribution in [-0.4, -0.2) is 29.4 Å². The molecule has 112 valence electrons. The lowest BCUT2D eigenvalue weighted by Crippen LogP contribution is -2.29. The minimum atomic E-state index is -0.776. The maximum absolute atomic E-state index is 11.7. The number of nitrogens with zero attached hydrogens (tertiary/aromatic N) is 1. The van der Waals surface area contributed by atoms with Crippen molar-refractivity contribution in [3.05, 3.63) is 34.4 Å². The molecule has 0 aromatic heterocycles. The molecule has 2 aliphatic rings. The third-order valence-electron chi connectivity index (χ3n) is 3.91. The van der Waals surface area contributed by atoms with Gasteiger partial charge in [0.15, 0.2) is 0 Å². The fraction of sp³-hybridized carbons (Fsp3) is 0.500. The number of ether oxygens (including phenoxy) is 3. The number of rotatable bonds is 3. The quantitative estimate of drug-likeness (QED) is 0.280. The average molecular weight is 293 g/mol. The molecule has 0 N–H and O–H groups in total. The van der Waals surface area contributed by atoms with E-state index < -0.39 is 11.1 Å². The molecule has 0 radical (unpaired) electrons. The molecular weight excluding hydrogens is 278 g/mol. The Morgan fingerprint density at radius 2 is 1.90 bits per heavy atom. The van der Waals surface area contributed by atoms with Gasteiger partial charge in [0.2, 0.25) is 0 Å². The van der Waals surface area contributed by atoms with Crippen LogP contribution in [0.4, 0.5) is 10.5 Å². The van der Waals surface area contributed by atoms with Crippen LogP contribution in [0.25, 0.3) is 0 Å². The van der Waals surface area contributed by atoms with E-state index in [2.05, 4.69) is 0 Å². The molecule has 0 amide bonds. The van der Waals surface area contributed by atoms with Gasteiger partial charge in [-0.1, -0.05) is 0 Å². The van der Waals surface area contributed by atoms with Crippen molar-refractivity contribution in [1.29, 1.82) is 0 Å². The van der Waals surface area contributed by atoms with E-state index in [1.54, 1.807) is 0 Å². The molecule has 1 aromatic carbocycles. The average Bonchev–Trinajstić information content (AvgIpc) is 3.22. The van der Waals surface area contributed by atoms with Gasteiger partial charge in [-0.15, -0.1) is 0 Å². The molecule has 1 saturated heterocycles. The second-order valence-corrected chi connectivity index (χ2v) is 5.39. The molecule has 1 aliphatic carbocycles. The van der Waals surface area contributed by atoms with Crippen molar-refractivity contribution in [2.75, 3.05) is 6.61 Å². The van der Waals surface area contributed by atoms with E-state index in [4.69, 9.17) is 14.2 Å². The molecule has 3 rings (SSSR count). The number of epoxide rings is 1. The largest absolute Gasteiger partial charge is 0.514 e. The van der Waals surface area contributed by atoms with E-state index >= 15 is 0 Å². The number of carbonyl (C=O) groups excluding carboxylic acids is 1. The van der Waals surface area contributed by atoms with Crippen molar-refractivity contribution < 1.29 is 23.9 Å². The van der Waals surface area contributed by atoms with Crippen molar-refractivity contribution >= 4 is 11.8 Å². The fourth-order valence-electron chi connectivity index (χ4n) is 2.52. The Bertz CT molecular complexity index is 541. The van der Waals surface area contributed by atoms with Gasteiger partial charge in [0.25, 0.3) is 5.69 Å². The highest BCUT2D eigenvalue weighted by molar-refractivity contribution is 5.64. The molecule has 21 heavy (non-hydrogen) atoms. The van der Waals surface area contributed by atoms with E-state index in [9.17, 15) is 14.9 Å². The highest BCUT2D eigenvalue weighted by Crippen LogP contribution is 2.42. The molecule has 0 bridgehead atoms. The first-order valence-corrected chi connectivity index (χ1v) is 6.83. The summed E-state index contributed by atoms with van der Waals surface area (Å²) in [5.74, 6) is 0.225. The van der Waals surface area contributed by atoms with Crippen LogP contribution >= 0.6 is 0 Å². The maximum Gasteiger partial charge on any atom is 0.514 e. The van der Waals surface area contributed by atoms with Gasteiger partial charge >= 0.3 is 6.16 Å². The first-order valence-electron chi connectivity index (χ1n) is 6.83. The number of nitro benzene ring substituents is 1. The Labute approximate surface area is 120 Å². The lowest BCUT2D eigenvalue weighted by Gasteiger charge is -2.25.